The number of tetrazole rings is 1. The number of hydrogen-bond acceptors (Lipinski definition) is 5. The molecule has 0 aliphatic heterocycles. The predicted molar refractivity (Wildman–Crippen MR) is 61.9 cm³/mol. The number of hydrogen-bond donors (Lipinski definition) is 1. The maximum absolute atomic E-state index is 5.19. The van der Waals surface area contributed by atoms with E-state index in [0.29, 0.717) is 24.7 Å². The van der Waals surface area contributed by atoms with Crippen molar-refractivity contribution < 1.29 is 4.42 Å². The Balaban J connectivity index is 2.01. The largest absolute Gasteiger partial charge is 0.461 e. The molecule has 0 fully saturated rings. The highest BCUT2D eigenvalue weighted by Crippen LogP contribution is 2.14. The maximum Gasteiger partial charge on any atom is 0.240 e. The minimum atomic E-state index is 0.0829. The molecule has 17 heavy (non-hydrogen) atoms. The van der Waals surface area contributed by atoms with E-state index in [-0.39, 0.29) is 6.04 Å². The summed E-state index contributed by atoms with van der Waals surface area (Å²) in [5.41, 5.74) is 0. The Hall–Kier alpha value is -2.13. The summed E-state index contributed by atoms with van der Waals surface area (Å²) in [6, 6.07) is 3.66. The van der Waals surface area contributed by atoms with Crippen molar-refractivity contribution in [2.45, 2.75) is 13.0 Å². The van der Waals surface area contributed by atoms with Gasteiger partial charge in [0.25, 0.3) is 0 Å². The lowest BCUT2D eigenvalue weighted by molar-refractivity contribution is 0.408. The van der Waals surface area contributed by atoms with E-state index in [9.17, 15) is 0 Å². The molecule has 0 amide bonds. The number of rotatable bonds is 5. The van der Waals surface area contributed by atoms with Gasteiger partial charge in [0, 0.05) is 6.54 Å². The number of nitrogens with zero attached hydrogens (tertiary/aromatic N) is 4. The lowest BCUT2D eigenvalue weighted by Gasteiger charge is -2.08. The van der Waals surface area contributed by atoms with Crippen molar-refractivity contribution in [2.24, 2.45) is 0 Å². The van der Waals surface area contributed by atoms with Crippen LogP contribution in [0.1, 0.15) is 13.0 Å². The summed E-state index contributed by atoms with van der Waals surface area (Å²) in [5, 5.41) is 15.2. The van der Waals surface area contributed by atoms with E-state index < -0.39 is 0 Å². The van der Waals surface area contributed by atoms with Crippen molar-refractivity contribution in [3.05, 3.63) is 18.4 Å². The van der Waals surface area contributed by atoms with Gasteiger partial charge in [0.2, 0.25) is 5.82 Å². The molecule has 2 aromatic heterocycles. The van der Waals surface area contributed by atoms with Crippen molar-refractivity contribution >= 4 is 0 Å². The Morgan fingerprint density at radius 3 is 3.24 bits per heavy atom. The van der Waals surface area contributed by atoms with Gasteiger partial charge >= 0.3 is 0 Å². The summed E-state index contributed by atoms with van der Waals surface area (Å²) in [6.07, 6.45) is 6.72. The van der Waals surface area contributed by atoms with Gasteiger partial charge in [-0.05, 0) is 24.3 Å². The quantitative estimate of drug-likeness (QED) is 0.606. The normalized spacial score (nSPS) is 12.2. The Kier molecular flexibility index (Phi) is 3.52. The minimum Gasteiger partial charge on any atom is -0.461 e. The van der Waals surface area contributed by atoms with Gasteiger partial charge in [-0.25, -0.2) is 0 Å². The molecule has 1 atom stereocenters. The Morgan fingerprint density at radius 2 is 2.53 bits per heavy atom. The number of aromatic nitrogens is 4. The fraction of sp³-hybridized carbons (Fsp3) is 0.364. The van der Waals surface area contributed by atoms with Gasteiger partial charge in [0.05, 0.1) is 18.8 Å². The summed E-state index contributed by atoms with van der Waals surface area (Å²) in [4.78, 5) is 1.54. The first-order chi connectivity index (χ1) is 8.31. The van der Waals surface area contributed by atoms with Crippen molar-refractivity contribution in [1.29, 1.82) is 0 Å². The summed E-state index contributed by atoms with van der Waals surface area (Å²) >= 11 is 0. The summed E-state index contributed by atoms with van der Waals surface area (Å²) in [5.74, 6) is 3.61. The van der Waals surface area contributed by atoms with E-state index in [0.717, 1.165) is 0 Å². The maximum atomic E-state index is 5.19. The second kappa shape index (κ2) is 5.27. The van der Waals surface area contributed by atoms with E-state index in [2.05, 4.69) is 26.6 Å². The van der Waals surface area contributed by atoms with Gasteiger partial charge < -0.3 is 9.73 Å². The topological polar surface area (TPSA) is 68.8 Å². The monoisotopic (exact) mass is 231 g/mol. The second-order valence-corrected chi connectivity index (χ2v) is 3.59. The van der Waals surface area contributed by atoms with E-state index in [4.69, 9.17) is 10.8 Å². The van der Waals surface area contributed by atoms with E-state index in [1.54, 1.807) is 23.2 Å². The molecule has 0 aliphatic rings. The van der Waals surface area contributed by atoms with Crippen LogP contribution in [0.5, 0.6) is 0 Å². The van der Waals surface area contributed by atoms with Gasteiger partial charge in [-0.1, -0.05) is 5.92 Å². The van der Waals surface area contributed by atoms with Crippen molar-refractivity contribution in [2.75, 3.05) is 13.1 Å². The van der Waals surface area contributed by atoms with E-state index >= 15 is 0 Å². The van der Waals surface area contributed by atoms with Crippen LogP contribution in [0.4, 0.5) is 0 Å². The smallest absolute Gasteiger partial charge is 0.240 e. The Morgan fingerprint density at radius 1 is 1.65 bits per heavy atom. The second-order valence-electron chi connectivity index (χ2n) is 3.59. The van der Waals surface area contributed by atoms with Crippen molar-refractivity contribution in [3.63, 3.8) is 0 Å². The third kappa shape index (κ3) is 2.71. The molecule has 1 unspecified atom stereocenters. The molecule has 0 aromatic carbocycles. The summed E-state index contributed by atoms with van der Waals surface area (Å²) in [7, 11) is 0. The van der Waals surface area contributed by atoms with Crippen LogP contribution in [-0.2, 0) is 0 Å². The molecule has 0 bridgehead atoms. The number of furan rings is 1. The number of terminal acetylenes is 1. The van der Waals surface area contributed by atoms with Crippen molar-refractivity contribution in [3.8, 4) is 23.9 Å². The van der Waals surface area contributed by atoms with Crippen LogP contribution in [0.25, 0.3) is 11.6 Å². The molecule has 6 nitrogen and oxygen atoms in total. The zero-order valence-electron chi connectivity index (χ0n) is 9.50. The average molecular weight is 231 g/mol. The van der Waals surface area contributed by atoms with Crippen LogP contribution in [0.3, 0.4) is 0 Å². The Labute approximate surface area is 99.0 Å². The van der Waals surface area contributed by atoms with Crippen LogP contribution in [0, 0.1) is 12.3 Å². The SMILES string of the molecule is C#CCNCC(C)n1nnc(-c2ccco2)n1. The first-order valence-electron chi connectivity index (χ1n) is 5.29. The highest BCUT2D eigenvalue weighted by Gasteiger charge is 2.12. The van der Waals surface area contributed by atoms with E-state index in [1.807, 2.05) is 6.92 Å². The highest BCUT2D eigenvalue weighted by molar-refractivity contribution is 5.43. The van der Waals surface area contributed by atoms with Gasteiger partial charge in [0.15, 0.2) is 5.76 Å². The highest BCUT2D eigenvalue weighted by atomic mass is 16.3. The van der Waals surface area contributed by atoms with Crippen LogP contribution < -0.4 is 5.32 Å². The van der Waals surface area contributed by atoms with E-state index in [1.165, 1.54) is 0 Å². The molecular weight excluding hydrogens is 218 g/mol. The molecule has 0 saturated heterocycles. The third-order valence-corrected chi connectivity index (χ3v) is 2.23. The van der Waals surface area contributed by atoms with Crippen LogP contribution in [0.15, 0.2) is 22.8 Å². The molecule has 2 aromatic rings. The molecule has 0 aliphatic carbocycles. The zero-order valence-corrected chi connectivity index (χ0v) is 9.50. The molecule has 6 heteroatoms. The van der Waals surface area contributed by atoms with Crippen LogP contribution >= 0.6 is 0 Å². The lowest BCUT2D eigenvalue weighted by Crippen LogP contribution is -2.25. The molecule has 0 saturated carbocycles. The summed E-state index contributed by atoms with van der Waals surface area (Å²) < 4.78 is 5.19. The molecular formula is C11H13N5O. The van der Waals surface area contributed by atoms with Gasteiger partial charge in [-0.2, -0.15) is 4.80 Å². The third-order valence-electron chi connectivity index (χ3n) is 2.23. The zero-order chi connectivity index (χ0) is 12.1. The van der Waals surface area contributed by atoms with Crippen LogP contribution in [0.2, 0.25) is 0 Å². The molecule has 88 valence electrons. The summed E-state index contributed by atoms with van der Waals surface area (Å²) in [6.45, 7) is 3.21. The fourth-order valence-corrected chi connectivity index (χ4v) is 1.35. The predicted octanol–water partition coefficient (Wildman–Crippen LogP) is 0.717. The van der Waals surface area contributed by atoms with Crippen molar-refractivity contribution in [1.82, 2.24) is 25.5 Å². The molecule has 2 rings (SSSR count). The molecule has 2 heterocycles. The minimum absolute atomic E-state index is 0.0829. The fourth-order valence-electron chi connectivity index (χ4n) is 1.35. The van der Waals surface area contributed by atoms with Crippen LogP contribution in [-0.4, -0.2) is 33.3 Å². The average Bonchev–Trinajstić information content (AvgIpc) is 3.00. The van der Waals surface area contributed by atoms with Gasteiger partial charge in [-0.3, -0.25) is 0 Å². The van der Waals surface area contributed by atoms with Gasteiger partial charge in [-0.15, -0.1) is 16.6 Å². The standard InChI is InChI=1S/C11H13N5O/c1-3-6-12-8-9(2)16-14-11(13-15-16)10-5-4-7-17-10/h1,4-5,7,9,12H,6,8H2,2H3. The number of nitrogens with one attached hydrogen (secondary N) is 1. The lowest BCUT2D eigenvalue weighted by atomic mass is 10.3. The first-order valence-corrected chi connectivity index (χ1v) is 5.29. The molecule has 0 radical (unpaired) electrons. The molecule has 0 spiro atoms. The Bertz CT molecular complexity index is 496. The first kappa shape index (κ1) is 11.4. The van der Waals surface area contributed by atoms with Gasteiger partial charge in [0.1, 0.15) is 0 Å². The molecule has 1 N–H and O–H groups in total.